The van der Waals surface area contributed by atoms with Crippen LogP contribution in [0.1, 0.15) is 60.2 Å². The molecule has 1 fully saturated rings. The zero-order valence-corrected chi connectivity index (χ0v) is 17.8. The lowest BCUT2D eigenvalue weighted by atomic mass is 9.99. The van der Waals surface area contributed by atoms with E-state index < -0.39 is 23.8 Å². The van der Waals surface area contributed by atoms with Gasteiger partial charge in [0.25, 0.3) is 11.8 Å². The molecule has 2 aliphatic heterocycles. The van der Waals surface area contributed by atoms with E-state index in [9.17, 15) is 24.0 Å². The molecular formula is C22H28N4O5. The molecule has 1 saturated heterocycles. The Labute approximate surface area is 181 Å². The number of amides is 5. The molecule has 2 N–H and O–H groups in total. The number of imide groups is 2. The van der Waals surface area contributed by atoms with Crippen LogP contribution in [0, 0.1) is 5.92 Å². The predicted octanol–water partition coefficient (Wildman–Crippen LogP) is 1.39. The molecule has 0 radical (unpaired) electrons. The molecule has 9 nitrogen and oxygen atoms in total. The first kappa shape index (κ1) is 22.5. The molecule has 31 heavy (non-hydrogen) atoms. The molecule has 1 aromatic carbocycles. The Morgan fingerprint density at radius 1 is 1.16 bits per heavy atom. The van der Waals surface area contributed by atoms with Crippen LogP contribution < -0.4 is 10.6 Å². The van der Waals surface area contributed by atoms with Crippen LogP contribution in [0.25, 0.3) is 0 Å². The topological polar surface area (TPSA) is 116 Å². The highest BCUT2D eigenvalue weighted by Crippen LogP contribution is 2.29. The number of hydrogen-bond acceptors (Lipinski definition) is 6. The number of hydrogen-bond donors (Lipinski definition) is 2. The van der Waals surface area contributed by atoms with Crippen molar-refractivity contribution >= 4 is 35.7 Å². The first-order chi connectivity index (χ1) is 14.9. The van der Waals surface area contributed by atoms with E-state index in [2.05, 4.69) is 12.2 Å². The Morgan fingerprint density at radius 3 is 2.48 bits per heavy atom. The van der Waals surface area contributed by atoms with E-state index in [1.54, 1.807) is 6.07 Å². The van der Waals surface area contributed by atoms with Crippen molar-refractivity contribution in [2.45, 2.75) is 45.6 Å². The highest BCUT2D eigenvalue weighted by atomic mass is 16.2. The minimum atomic E-state index is -1.05. The van der Waals surface area contributed by atoms with Crippen molar-refractivity contribution in [2.75, 3.05) is 25.0 Å². The summed E-state index contributed by atoms with van der Waals surface area (Å²) in [5, 5.41) is 5.06. The fourth-order valence-electron chi connectivity index (χ4n) is 4.01. The number of rotatable bonds is 8. The highest BCUT2D eigenvalue weighted by Gasteiger charge is 2.42. The van der Waals surface area contributed by atoms with Crippen molar-refractivity contribution < 1.29 is 24.0 Å². The zero-order chi connectivity index (χ0) is 22.5. The van der Waals surface area contributed by atoms with Crippen LogP contribution in [0.5, 0.6) is 0 Å². The van der Waals surface area contributed by atoms with Gasteiger partial charge < -0.3 is 10.2 Å². The fourth-order valence-corrected chi connectivity index (χ4v) is 4.01. The molecule has 5 amide bonds. The Balaban J connectivity index is 1.71. The smallest absolute Gasteiger partial charge is 0.262 e. The number of likely N-dealkylation sites (tertiary alicyclic amines) is 1. The van der Waals surface area contributed by atoms with Crippen molar-refractivity contribution in [3.8, 4) is 0 Å². The summed E-state index contributed by atoms with van der Waals surface area (Å²) in [7, 11) is 0. The number of anilines is 1. The van der Waals surface area contributed by atoms with Gasteiger partial charge >= 0.3 is 0 Å². The lowest BCUT2D eigenvalue weighted by Crippen LogP contribution is -2.49. The van der Waals surface area contributed by atoms with Gasteiger partial charge in [-0.1, -0.05) is 20.3 Å². The monoisotopic (exact) mass is 428 g/mol. The van der Waals surface area contributed by atoms with Crippen molar-refractivity contribution in [1.29, 1.82) is 0 Å². The number of piperidine rings is 1. The summed E-state index contributed by atoms with van der Waals surface area (Å²) in [5.74, 6) is -1.22. The lowest BCUT2D eigenvalue weighted by Gasteiger charge is -2.30. The maximum atomic E-state index is 12.9. The van der Waals surface area contributed by atoms with Gasteiger partial charge in [-0.3, -0.25) is 34.2 Å². The Kier molecular flexibility index (Phi) is 7.04. The minimum absolute atomic E-state index is 0.00929. The fraction of sp³-hybridized carbons (Fsp3) is 0.500. The highest BCUT2D eigenvalue weighted by molar-refractivity contribution is 6.23. The Morgan fingerprint density at radius 2 is 1.84 bits per heavy atom. The molecule has 9 heteroatoms. The van der Waals surface area contributed by atoms with Crippen molar-refractivity contribution in [3.63, 3.8) is 0 Å². The van der Waals surface area contributed by atoms with E-state index in [-0.39, 0.29) is 36.4 Å². The van der Waals surface area contributed by atoms with Crippen LogP contribution in [-0.2, 0) is 14.4 Å². The van der Waals surface area contributed by atoms with Gasteiger partial charge in [0.05, 0.1) is 17.7 Å². The second kappa shape index (κ2) is 9.72. The molecule has 2 aliphatic rings. The molecule has 0 bridgehead atoms. The molecule has 3 rings (SSSR count). The third-order valence-corrected chi connectivity index (χ3v) is 5.88. The van der Waals surface area contributed by atoms with Crippen LogP contribution >= 0.6 is 0 Å². The summed E-state index contributed by atoms with van der Waals surface area (Å²) >= 11 is 0. The van der Waals surface area contributed by atoms with Gasteiger partial charge in [-0.2, -0.15) is 0 Å². The third-order valence-electron chi connectivity index (χ3n) is 5.88. The van der Waals surface area contributed by atoms with Crippen LogP contribution in [-0.4, -0.2) is 65.5 Å². The number of benzene rings is 1. The number of carbonyl (C=O) groups is 5. The van der Waals surface area contributed by atoms with E-state index in [1.165, 1.54) is 12.1 Å². The van der Waals surface area contributed by atoms with Gasteiger partial charge in [0.2, 0.25) is 18.2 Å². The maximum Gasteiger partial charge on any atom is 0.262 e. The second-order valence-corrected chi connectivity index (χ2v) is 8.09. The average Bonchev–Trinajstić information content (AvgIpc) is 3.00. The van der Waals surface area contributed by atoms with Gasteiger partial charge in [0, 0.05) is 18.8 Å². The van der Waals surface area contributed by atoms with E-state index in [4.69, 9.17) is 0 Å². The van der Waals surface area contributed by atoms with Gasteiger partial charge in [0.1, 0.15) is 6.04 Å². The van der Waals surface area contributed by atoms with E-state index in [0.717, 1.165) is 30.8 Å². The minimum Gasteiger partial charge on any atom is -0.376 e. The van der Waals surface area contributed by atoms with Crippen molar-refractivity contribution in [2.24, 2.45) is 5.92 Å². The summed E-state index contributed by atoms with van der Waals surface area (Å²) in [6.45, 7) is 5.59. The Bertz CT molecular complexity index is 892. The van der Waals surface area contributed by atoms with Crippen LogP contribution in [0.2, 0.25) is 0 Å². The summed E-state index contributed by atoms with van der Waals surface area (Å²) in [6.07, 6.45) is 3.03. The molecule has 0 saturated carbocycles. The molecule has 166 valence electrons. The number of carbonyl (C=O) groups excluding carboxylic acids is 5. The largest absolute Gasteiger partial charge is 0.376 e. The molecule has 1 unspecified atom stereocenters. The van der Waals surface area contributed by atoms with E-state index in [0.29, 0.717) is 18.0 Å². The van der Waals surface area contributed by atoms with Crippen molar-refractivity contribution in [1.82, 2.24) is 15.1 Å². The van der Waals surface area contributed by atoms with Crippen LogP contribution in [0.4, 0.5) is 5.69 Å². The number of nitrogens with zero attached hydrogens (tertiary/aromatic N) is 2. The predicted molar refractivity (Wildman–Crippen MR) is 113 cm³/mol. The molecular weight excluding hydrogens is 400 g/mol. The summed E-state index contributed by atoms with van der Waals surface area (Å²) < 4.78 is 0. The Hall–Kier alpha value is -3.23. The first-order valence-corrected chi connectivity index (χ1v) is 10.6. The van der Waals surface area contributed by atoms with E-state index in [1.807, 2.05) is 17.1 Å². The standard InChI is InChI=1S/C22H28N4O5/c1-3-4-18(20(29)24-13-27)26-21(30)16-6-5-15(11-17(16)22(26)31)23-12-19(28)25-9-7-14(2)8-10-25/h5-6,11,13-14,18,23H,3-4,7-10,12H2,1-2H3,(H,24,27,29). The number of nitrogens with one attached hydrogen (secondary N) is 2. The summed E-state index contributed by atoms with van der Waals surface area (Å²) in [4.78, 5) is 63.8. The van der Waals surface area contributed by atoms with Crippen LogP contribution in [0.15, 0.2) is 18.2 Å². The van der Waals surface area contributed by atoms with E-state index >= 15 is 0 Å². The third kappa shape index (κ3) is 4.76. The SMILES string of the molecule is CCCC(C(=O)NC=O)N1C(=O)c2ccc(NCC(=O)N3CCC(C)CC3)cc2C1=O. The lowest BCUT2D eigenvalue weighted by molar-refractivity contribution is -0.131. The summed E-state index contributed by atoms with van der Waals surface area (Å²) in [6, 6.07) is 3.63. The quantitative estimate of drug-likeness (QED) is 0.478. The van der Waals surface area contributed by atoms with Gasteiger partial charge in [-0.05, 0) is 43.4 Å². The van der Waals surface area contributed by atoms with Gasteiger partial charge in [-0.25, -0.2) is 0 Å². The van der Waals surface area contributed by atoms with Gasteiger partial charge in [0.15, 0.2) is 0 Å². The second-order valence-electron chi connectivity index (χ2n) is 8.09. The first-order valence-electron chi connectivity index (χ1n) is 10.6. The molecule has 0 aromatic heterocycles. The summed E-state index contributed by atoms with van der Waals surface area (Å²) in [5.41, 5.74) is 0.922. The zero-order valence-electron chi connectivity index (χ0n) is 17.8. The number of fused-ring (bicyclic) bond motifs is 1. The molecule has 1 atom stereocenters. The molecule has 2 heterocycles. The van der Waals surface area contributed by atoms with Crippen LogP contribution in [0.3, 0.4) is 0 Å². The molecule has 1 aromatic rings. The average molecular weight is 428 g/mol. The van der Waals surface area contributed by atoms with Crippen molar-refractivity contribution in [3.05, 3.63) is 29.3 Å². The normalized spacial score (nSPS) is 17.4. The molecule has 0 spiro atoms. The molecule has 0 aliphatic carbocycles. The maximum absolute atomic E-state index is 12.9. The van der Waals surface area contributed by atoms with Gasteiger partial charge in [-0.15, -0.1) is 0 Å².